The number of aromatic nitrogens is 2. The Morgan fingerprint density at radius 2 is 2.19 bits per heavy atom. The summed E-state index contributed by atoms with van der Waals surface area (Å²) in [6.07, 6.45) is 4.49. The Kier molecular flexibility index (Phi) is 2.85. The number of benzene rings is 1. The fourth-order valence-corrected chi connectivity index (χ4v) is 3.11. The topological polar surface area (TPSA) is 57.0 Å². The van der Waals surface area contributed by atoms with Crippen molar-refractivity contribution in [1.82, 2.24) is 9.78 Å². The summed E-state index contributed by atoms with van der Waals surface area (Å²) in [5.74, 6) is 1.46. The molecule has 0 radical (unpaired) electrons. The zero-order valence-corrected chi connectivity index (χ0v) is 13.3. The maximum Gasteiger partial charge on any atom is 0.157 e. The molecule has 1 fully saturated rings. The second-order valence-electron chi connectivity index (χ2n) is 5.78. The highest BCUT2D eigenvalue weighted by Crippen LogP contribution is 2.40. The van der Waals surface area contributed by atoms with Crippen LogP contribution in [0.15, 0.2) is 39.4 Å². The third kappa shape index (κ3) is 2.25. The van der Waals surface area contributed by atoms with Crippen molar-refractivity contribution in [3.05, 3.63) is 34.9 Å². The van der Waals surface area contributed by atoms with Crippen molar-refractivity contribution >= 4 is 32.6 Å². The number of nitrogen functional groups attached to an aromatic ring is 1. The van der Waals surface area contributed by atoms with Gasteiger partial charge < -0.3 is 10.2 Å². The highest BCUT2D eigenvalue weighted by molar-refractivity contribution is 9.10. The van der Waals surface area contributed by atoms with Gasteiger partial charge >= 0.3 is 0 Å². The van der Waals surface area contributed by atoms with E-state index in [4.69, 9.17) is 10.2 Å². The molecule has 108 valence electrons. The largest absolute Gasteiger partial charge is 0.454 e. The van der Waals surface area contributed by atoms with Gasteiger partial charge in [0, 0.05) is 16.1 Å². The first kappa shape index (κ1) is 13.0. The summed E-state index contributed by atoms with van der Waals surface area (Å²) in [7, 11) is 0. The molecule has 0 amide bonds. The Balaban J connectivity index is 1.76. The predicted molar refractivity (Wildman–Crippen MR) is 87.0 cm³/mol. The molecule has 4 rings (SSSR count). The highest BCUT2D eigenvalue weighted by atomic mass is 79.9. The molecule has 1 aliphatic rings. The molecular formula is C16H16BrN3O. The first-order valence-corrected chi connectivity index (χ1v) is 7.95. The van der Waals surface area contributed by atoms with E-state index < -0.39 is 0 Å². The third-order valence-electron chi connectivity index (χ3n) is 4.19. The van der Waals surface area contributed by atoms with E-state index in [9.17, 15) is 0 Å². The van der Waals surface area contributed by atoms with Gasteiger partial charge in [-0.3, -0.25) is 4.68 Å². The number of rotatable bonds is 3. The van der Waals surface area contributed by atoms with Crippen molar-refractivity contribution in [2.75, 3.05) is 5.73 Å². The van der Waals surface area contributed by atoms with Crippen LogP contribution in [-0.2, 0) is 0 Å². The monoisotopic (exact) mass is 345 g/mol. The Hall–Kier alpha value is -1.75. The van der Waals surface area contributed by atoms with Gasteiger partial charge in [0.05, 0.1) is 11.7 Å². The Bertz CT molecular complexity index is 816. The first-order chi connectivity index (χ1) is 10.1. The number of halogens is 1. The maximum atomic E-state index is 6.13. The minimum atomic E-state index is 0.402. The van der Waals surface area contributed by atoms with Crippen molar-refractivity contribution in [2.45, 2.75) is 25.8 Å². The van der Waals surface area contributed by atoms with Crippen LogP contribution in [0.5, 0.6) is 0 Å². The summed E-state index contributed by atoms with van der Waals surface area (Å²) in [5, 5.41) is 5.69. The van der Waals surface area contributed by atoms with Crippen molar-refractivity contribution in [3.63, 3.8) is 0 Å². The molecule has 5 heteroatoms. The normalized spacial score (nSPS) is 16.5. The molecule has 0 spiro atoms. The lowest BCUT2D eigenvalue weighted by atomic mass is 10.2. The van der Waals surface area contributed by atoms with Crippen molar-refractivity contribution < 1.29 is 4.42 Å². The van der Waals surface area contributed by atoms with Crippen LogP contribution in [0, 0.1) is 5.92 Å². The van der Waals surface area contributed by atoms with E-state index in [-0.39, 0.29) is 0 Å². The van der Waals surface area contributed by atoms with Gasteiger partial charge in [-0.1, -0.05) is 15.9 Å². The molecule has 0 aliphatic heterocycles. The highest BCUT2D eigenvalue weighted by Gasteiger charge is 2.30. The molecule has 4 nitrogen and oxygen atoms in total. The summed E-state index contributed by atoms with van der Waals surface area (Å²) in [6, 6.07) is 8.34. The fraction of sp³-hybridized carbons (Fsp3) is 0.312. The quantitative estimate of drug-likeness (QED) is 0.753. The smallest absolute Gasteiger partial charge is 0.157 e. The summed E-state index contributed by atoms with van der Waals surface area (Å²) in [6.45, 7) is 2.20. The van der Waals surface area contributed by atoms with Crippen LogP contribution in [-0.4, -0.2) is 9.78 Å². The van der Waals surface area contributed by atoms with Crippen LogP contribution in [0.25, 0.3) is 22.4 Å². The molecule has 3 aromatic rings. The van der Waals surface area contributed by atoms with Crippen LogP contribution in [0.1, 0.15) is 25.8 Å². The molecular weight excluding hydrogens is 330 g/mol. The van der Waals surface area contributed by atoms with Gasteiger partial charge in [0.15, 0.2) is 11.5 Å². The Morgan fingerprint density at radius 3 is 2.95 bits per heavy atom. The minimum absolute atomic E-state index is 0.402. The summed E-state index contributed by atoms with van der Waals surface area (Å²) < 4.78 is 8.89. The van der Waals surface area contributed by atoms with E-state index in [0.717, 1.165) is 32.8 Å². The van der Waals surface area contributed by atoms with Crippen LogP contribution in [0.4, 0.5) is 5.69 Å². The number of furan rings is 1. The Labute approximate surface area is 131 Å². The van der Waals surface area contributed by atoms with E-state index >= 15 is 0 Å². The number of fused-ring (bicyclic) bond motifs is 1. The number of anilines is 1. The van der Waals surface area contributed by atoms with Gasteiger partial charge in [-0.2, -0.15) is 5.10 Å². The molecule has 1 atom stereocenters. The molecule has 1 aliphatic carbocycles. The minimum Gasteiger partial charge on any atom is -0.454 e. The number of hydrogen-bond donors (Lipinski definition) is 1. The second-order valence-corrected chi connectivity index (χ2v) is 6.70. The van der Waals surface area contributed by atoms with Gasteiger partial charge in [-0.25, -0.2) is 0 Å². The van der Waals surface area contributed by atoms with Crippen LogP contribution < -0.4 is 5.73 Å². The van der Waals surface area contributed by atoms with Gasteiger partial charge in [-0.15, -0.1) is 0 Å². The molecule has 1 saturated carbocycles. The van der Waals surface area contributed by atoms with Crippen LogP contribution in [0.3, 0.4) is 0 Å². The van der Waals surface area contributed by atoms with Crippen LogP contribution in [0.2, 0.25) is 0 Å². The molecule has 2 aromatic heterocycles. The SMILES string of the molecule is CC(C1CC1)n1cc(N)c(-c2cc3cc(Br)ccc3o2)n1. The van der Waals surface area contributed by atoms with E-state index in [1.807, 2.05) is 35.1 Å². The summed E-state index contributed by atoms with van der Waals surface area (Å²) in [4.78, 5) is 0. The van der Waals surface area contributed by atoms with E-state index in [1.54, 1.807) is 0 Å². The average molecular weight is 346 g/mol. The lowest BCUT2D eigenvalue weighted by Crippen LogP contribution is -2.07. The van der Waals surface area contributed by atoms with Gasteiger partial charge in [0.1, 0.15) is 5.58 Å². The predicted octanol–water partition coefficient (Wildman–Crippen LogP) is 4.61. The maximum absolute atomic E-state index is 6.13. The zero-order chi connectivity index (χ0) is 14.6. The lowest BCUT2D eigenvalue weighted by Gasteiger charge is -2.09. The summed E-state index contributed by atoms with van der Waals surface area (Å²) in [5.41, 5.74) is 8.37. The third-order valence-corrected chi connectivity index (χ3v) is 4.69. The second kappa shape index (κ2) is 4.63. The molecule has 1 aromatic carbocycles. The number of nitrogens with zero attached hydrogens (tertiary/aromatic N) is 2. The molecule has 0 saturated heterocycles. The average Bonchev–Trinajstić information content (AvgIpc) is 3.11. The number of hydrogen-bond acceptors (Lipinski definition) is 3. The molecule has 2 N–H and O–H groups in total. The summed E-state index contributed by atoms with van der Waals surface area (Å²) >= 11 is 3.47. The van der Waals surface area contributed by atoms with Crippen molar-refractivity contribution in [2.24, 2.45) is 5.92 Å². The van der Waals surface area contributed by atoms with E-state index in [1.165, 1.54) is 12.8 Å². The fourth-order valence-electron chi connectivity index (χ4n) is 2.73. The van der Waals surface area contributed by atoms with E-state index in [0.29, 0.717) is 11.7 Å². The molecule has 1 unspecified atom stereocenters. The van der Waals surface area contributed by atoms with Gasteiger partial charge in [0.2, 0.25) is 0 Å². The molecule has 0 bridgehead atoms. The lowest BCUT2D eigenvalue weighted by molar-refractivity contribution is 0.440. The van der Waals surface area contributed by atoms with Crippen molar-refractivity contribution in [3.8, 4) is 11.5 Å². The van der Waals surface area contributed by atoms with Gasteiger partial charge in [0.25, 0.3) is 0 Å². The molecule has 2 heterocycles. The van der Waals surface area contributed by atoms with Gasteiger partial charge in [-0.05, 0) is 49.9 Å². The molecule has 21 heavy (non-hydrogen) atoms. The van der Waals surface area contributed by atoms with Crippen molar-refractivity contribution in [1.29, 1.82) is 0 Å². The standard InChI is InChI=1S/C16H16BrN3O/c1-9(10-2-3-10)20-8-13(18)16(19-20)15-7-11-6-12(17)4-5-14(11)21-15/h4-10H,2-3,18H2,1H3. The van der Waals surface area contributed by atoms with Crippen LogP contribution >= 0.6 is 15.9 Å². The zero-order valence-electron chi connectivity index (χ0n) is 11.7. The Morgan fingerprint density at radius 1 is 1.38 bits per heavy atom. The first-order valence-electron chi connectivity index (χ1n) is 7.16. The van der Waals surface area contributed by atoms with E-state index in [2.05, 4.69) is 28.0 Å². The number of nitrogens with two attached hydrogens (primary N) is 1.